The van der Waals surface area contributed by atoms with Gasteiger partial charge in [0, 0.05) is 11.4 Å². The highest BCUT2D eigenvalue weighted by molar-refractivity contribution is 7.22. The molecule has 3 heterocycles. The topological polar surface area (TPSA) is 65.5 Å². The summed E-state index contributed by atoms with van der Waals surface area (Å²) in [5.74, 6) is 4.07. The number of benzene rings is 2. The van der Waals surface area contributed by atoms with Gasteiger partial charge >= 0.3 is 0 Å². The van der Waals surface area contributed by atoms with Crippen LogP contribution in [-0.4, -0.2) is 23.4 Å². The fraction of sp³-hybridized carbons (Fsp3) is 0.250. The van der Waals surface area contributed by atoms with Crippen molar-refractivity contribution in [1.82, 2.24) is 9.97 Å². The second-order valence-electron chi connectivity index (χ2n) is 7.87. The SMILES string of the molecule is c1cc(OCC2CC2)cc(-c2cc3ncnc(NCc4ccc5c(c4)OCO5)c3s2)c1. The summed E-state index contributed by atoms with van der Waals surface area (Å²) in [5.41, 5.74) is 3.18. The molecule has 0 amide bonds. The van der Waals surface area contributed by atoms with Crippen molar-refractivity contribution >= 4 is 27.4 Å². The largest absolute Gasteiger partial charge is 0.493 e. The zero-order valence-electron chi connectivity index (χ0n) is 16.8. The summed E-state index contributed by atoms with van der Waals surface area (Å²) in [7, 11) is 0. The Hall–Kier alpha value is -3.32. The predicted molar refractivity (Wildman–Crippen MR) is 121 cm³/mol. The van der Waals surface area contributed by atoms with Gasteiger partial charge in [-0.25, -0.2) is 9.97 Å². The first-order valence-corrected chi connectivity index (χ1v) is 11.2. The Labute approximate surface area is 183 Å². The monoisotopic (exact) mass is 431 g/mol. The van der Waals surface area contributed by atoms with Crippen molar-refractivity contribution in [2.45, 2.75) is 19.4 Å². The number of thiophene rings is 1. The molecule has 0 atom stereocenters. The van der Waals surface area contributed by atoms with Gasteiger partial charge in [-0.15, -0.1) is 11.3 Å². The predicted octanol–water partition coefficient (Wildman–Crippen LogP) is 5.49. The normalized spacial score (nSPS) is 14.7. The average Bonchev–Trinajstić information content (AvgIpc) is 3.33. The Morgan fingerprint density at radius 1 is 1.03 bits per heavy atom. The van der Waals surface area contributed by atoms with Gasteiger partial charge in [0.05, 0.1) is 16.8 Å². The third-order valence-corrected chi connectivity index (χ3v) is 6.69. The van der Waals surface area contributed by atoms with E-state index in [1.807, 2.05) is 30.3 Å². The average molecular weight is 432 g/mol. The number of aromatic nitrogens is 2. The van der Waals surface area contributed by atoms with E-state index in [4.69, 9.17) is 14.2 Å². The third-order valence-electron chi connectivity index (χ3n) is 5.51. The highest BCUT2D eigenvalue weighted by Gasteiger charge is 2.22. The van der Waals surface area contributed by atoms with Crippen LogP contribution in [-0.2, 0) is 6.54 Å². The van der Waals surface area contributed by atoms with Crippen molar-refractivity contribution in [2.24, 2.45) is 5.92 Å². The van der Waals surface area contributed by atoms with Crippen LogP contribution < -0.4 is 19.5 Å². The van der Waals surface area contributed by atoms with Crippen LogP contribution in [0.25, 0.3) is 20.7 Å². The molecule has 0 unspecified atom stereocenters. The second-order valence-corrected chi connectivity index (χ2v) is 8.92. The summed E-state index contributed by atoms with van der Waals surface area (Å²) < 4.78 is 17.9. The van der Waals surface area contributed by atoms with Gasteiger partial charge in [0.15, 0.2) is 11.5 Å². The van der Waals surface area contributed by atoms with Gasteiger partial charge in [0.25, 0.3) is 0 Å². The minimum absolute atomic E-state index is 0.281. The van der Waals surface area contributed by atoms with Gasteiger partial charge in [-0.05, 0) is 60.2 Å². The molecule has 1 aliphatic carbocycles. The number of ether oxygens (including phenoxy) is 3. The summed E-state index contributed by atoms with van der Waals surface area (Å²) in [4.78, 5) is 10.1. The van der Waals surface area contributed by atoms with Crippen LogP contribution in [0.5, 0.6) is 17.2 Å². The second kappa shape index (κ2) is 7.74. The molecule has 2 aromatic carbocycles. The molecule has 156 valence electrons. The molecule has 1 fully saturated rings. The molecule has 7 heteroatoms. The molecule has 31 heavy (non-hydrogen) atoms. The van der Waals surface area contributed by atoms with E-state index in [1.165, 1.54) is 12.8 Å². The fourth-order valence-corrected chi connectivity index (χ4v) is 4.67. The molecule has 6 nitrogen and oxygen atoms in total. The lowest BCUT2D eigenvalue weighted by molar-refractivity contribution is 0.174. The summed E-state index contributed by atoms with van der Waals surface area (Å²) in [6, 6.07) is 16.4. The number of hydrogen-bond acceptors (Lipinski definition) is 7. The van der Waals surface area contributed by atoms with E-state index in [-0.39, 0.29) is 6.79 Å². The summed E-state index contributed by atoms with van der Waals surface area (Å²) >= 11 is 1.69. The summed E-state index contributed by atoms with van der Waals surface area (Å²) in [5, 5.41) is 3.45. The van der Waals surface area contributed by atoms with Crippen LogP contribution in [0.15, 0.2) is 54.9 Å². The maximum absolute atomic E-state index is 5.95. The minimum Gasteiger partial charge on any atom is -0.493 e. The summed E-state index contributed by atoms with van der Waals surface area (Å²) in [6.07, 6.45) is 4.18. The van der Waals surface area contributed by atoms with Gasteiger partial charge in [0.1, 0.15) is 17.9 Å². The molecule has 4 aromatic rings. The molecule has 0 spiro atoms. The van der Waals surface area contributed by atoms with Gasteiger partial charge in [-0.3, -0.25) is 0 Å². The van der Waals surface area contributed by atoms with Gasteiger partial charge < -0.3 is 19.5 Å². The van der Waals surface area contributed by atoms with Crippen LogP contribution in [0, 0.1) is 5.92 Å². The van der Waals surface area contributed by atoms with Crippen molar-refractivity contribution in [3.63, 3.8) is 0 Å². The number of fused-ring (bicyclic) bond motifs is 2. The lowest BCUT2D eigenvalue weighted by atomic mass is 10.2. The molecule has 0 radical (unpaired) electrons. The first-order chi connectivity index (χ1) is 15.3. The van der Waals surface area contributed by atoms with Crippen molar-refractivity contribution in [3.05, 3.63) is 60.4 Å². The van der Waals surface area contributed by atoms with Crippen LogP contribution in [0.3, 0.4) is 0 Å². The molecule has 1 aliphatic heterocycles. The maximum Gasteiger partial charge on any atom is 0.231 e. The van der Waals surface area contributed by atoms with Crippen LogP contribution in [0.2, 0.25) is 0 Å². The van der Waals surface area contributed by atoms with E-state index in [0.717, 1.165) is 61.8 Å². The molecule has 2 aliphatic rings. The van der Waals surface area contributed by atoms with Crippen LogP contribution in [0.4, 0.5) is 5.82 Å². The molecule has 1 N–H and O–H groups in total. The van der Waals surface area contributed by atoms with E-state index in [9.17, 15) is 0 Å². The van der Waals surface area contributed by atoms with Gasteiger partial charge in [0.2, 0.25) is 6.79 Å². The van der Waals surface area contributed by atoms with E-state index in [1.54, 1.807) is 17.7 Å². The van der Waals surface area contributed by atoms with E-state index in [0.29, 0.717) is 6.54 Å². The number of nitrogens with one attached hydrogen (secondary N) is 1. The van der Waals surface area contributed by atoms with Crippen molar-refractivity contribution in [1.29, 1.82) is 0 Å². The number of nitrogens with zero attached hydrogens (tertiary/aromatic N) is 2. The van der Waals surface area contributed by atoms with Crippen LogP contribution in [0.1, 0.15) is 18.4 Å². The van der Waals surface area contributed by atoms with E-state index < -0.39 is 0 Å². The highest BCUT2D eigenvalue weighted by Crippen LogP contribution is 2.38. The molecule has 0 bridgehead atoms. The van der Waals surface area contributed by atoms with Crippen molar-refractivity contribution in [2.75, 3.05) is 18.7 Å². The Morgan fingerprint density at radius 3 is 2.90 bits per heavy atom. The summed E-state index contributed by atoms with van der Waals surface area (Å²) in [6.45, 7) is 1.74. The first-order valence-electron chi connectivity index (χ1n) is 10.4. The zero-order chi connectivity index (χ0) is 20.6. The molecular weight excluding hydrogens is 410 g/mol. The lowest BCUT2D eigenvalue weighted by Crippen LogP contribution is -2.01. The quantitative estimate of drug-likeness (QED) is 0.418. The molecule has 1 saturated carbocycles. The first kappa shape index (κ1) is 18.4. The van der Waals surface area contributed by atoms with Crippen molar-refractivity contribution in [3.8, 4) is 27.7 Å². The molecular formula is C24H21N3O3S. The van der Waals surface area contributed by atoms with E-state index >= 15 is 0 Å². The smallest absolute Gasteiger partial charge is 0.231 e. The minimum atomic E-state index is 0.281. The molecule has 6 rings (SSSR count). The number of anilines is 1. The van der Waals surface area contributed by atoms with E-state index in [2.05, 4.69) is 33.5 Å². The fourth-order valence-electron chi connectivity index (χ4n) is 3.60. The Morgan fingerprint density at radius 2 is 1.97 bits per heavy atom. The standard InChI is InChI=1S/C24H21N3O3S/c1-2-17(9-18(3-1)28-12-15-4-5-15)22-10-19-23(31-22)24(27-13-26-19)25-11-16-6-7-20-21(8-16)30-14-29-20/h1-3,6-10,13,15H,4-5,11-12,14H2,(H,25,26,27). The Balaban J connectivity index is 1.23. The number of rotatable bonds is 7. The Kier molecular flexibility index (Phi) is 4.61. The zero-order valence-corrected chi connectivity index (χ0v) is 17.7. The van der Waals surface area contributed by atoms with Crippen LogP contribution >= 0.6 is 11.3 Å². The lowest BCUT2D eigenvalue weighted by Gasteiger charge is -2.07. The molecule has 2 aromatic heterocycles. The van der Waals surface area contributed by atoms with Crippen molar-refractivity contribution < 1.29 is 14.2 Å². The Bertz CT molecular complexity index is 1250. The van der Waals surface area contributed by atoms with Gasteiger partial charge in [-0.1, -0.05) is 18.2 Å². The third kappa shape index (κ3) is 3.88. The highest BCUT2D eigenvalue weighted by atomic mass is 32.1. The number of hydrogen-bond donors (Lipinski definition) is 1. The maximum atomic E-state index is 5.95. The molecule has 0 saturated heterocycles. The van der Waals surface area contributed by atoms with Gasteiger partial charge in [-0.2, -0.15) is 0 Å².